The van der Waals surface area contributed by atoms with Crippen molar-refractivity contribution < 1.29 is 27.5 Å². The van der Waals surface area contributed by atoms with Crippen molar-refractivity contribution in [3.8, 4) is 0 Å². The van der Waals surface area contributed by atoms with Crippen LogP contribution in [0.5, 0.6) is 0 Å². The Labute approximate surface area is 145 Å². The van der Waals surface area contributed by atoms with Gasteiger partial charge in [0, 0.05) is 0 Å². The Bertz CT molecular complexity index is 792. The van der Waals surface area contributed by atoms with Crippen LogP contribution < -0.4 is 11.1 Å². The summed E-state index contributed by atoms with van der Waals surface area (Å²) in [4.78, 5) is 36.1. The van der Waals surface area contributed by atoms with Gasteiger partial charge < -0.3 is 15.8 Å². The van der Waals surface area contributed by atoms with Crippen LogP contribution >= 0.6 is 0 Å². The van der Waals surface area contributed by atoms with Crippen molar-refractivity contribution in [3.63, 3.8) is 0 Å². The molecule has 1 heterocycles. The van der Waals surface area contributed by atoms with Crippen molar-refractivity contribution in [1.29, 1.82) is 0 Å². The normalized spacial score (nSPS) is 24.7. The molecule has 1 saturated heterocycles. The molecule has 1 aromatic carbocycles. The number of hydrogen-bond donors (Lipinski definition) is 2. The molecule has 1 aromatic rings. The number of carbonyl (C=O) groups excluding carboxylic acids is 3. The number of primary amides is 1. The van der Waals surface area contributed by atoms with E-state index < -0.39 is 50.1 Å². The molecule has 8 nitrogen and oxygen atoms in total. The predicted octanol–water partition coefficient (Wildman–Crippen LogP) is -0.682. The Kier molecular flexibility index (Phi) is 5.28. The van der Waals surface area contributed by atoms with Gasteiger partial charge in [0.25, 0.3) is 0 Å². The molecule has 0 saturated carbocycles. The maximum absolute atomic E-state index is 12.5. The first-order valence-electron chi connectivity index (χ1n) is 7.59. The topological polar surface area (TPSA) is 133 Å². The average Bonchev–Trinajstić information content (AvgIpc) is 2.74. The molecule has 0 bridgehead atoms. The minimum atomic E-state index is -4.22. The van der Waals surface area contributed by atoms with Gasteiger partial charge in [-0.2, -0.15) is 0 Å². The van der Waals surface area contributed by atoms with E-state index in [0.29, 0.717) is 5.56 Å². The van der Waals surface area contributed by atoms with E-state index in [1.165, 1.54) is 6.92 Å². The van der Waals surface area contributed by atoms with E-state index in [2.05, 4.69) is 5.32 Å². The summed E-state index contributed by atoms with van der Waals surface area (Å²) in [5.74, 6) is -3.35. The van der Waals surface area contributed by atoms with Gasteiger partial charge in [0.15, 0.2) is 15.6 Å². The first-order valence-corrected chi connectivity index (χ1v) is 9.31. The van der Waals surface area contributed by atoms with E-state index in [1.807, 2.05) is 0 Å². The van der Waals surface area contributed by atoms with Crippen LogP contribution in [0.25, 0.3) is 0 Å². The van der Waals surface area contributed by atoms with Gasteiger partial charge in [-0.05, 0) is 19.4 Å². The van der Waals surface area contributed by atoms with Gasteiger partial charge in [0.05, 0.1) is 11.9 Å². The summed E-state index contributed by atoms with van der Waals surface area (Å²) < 4.78 is 30.3. The SMILES string of the molecule is CC1OCC(=O)C1(C)NC(=O)C(C(N)=O)S(=O)(=O)Cc1ccccc1. The van der Waals surface area contributed by atoms with Crippen LogP contribution in [-0.4, -0.2) is 49.5 Å². The lowest BCUT2D eigenvalue weighted by Gasteiger charge is -2.28. The molecule has 0 aliphatic carbocycles. The molecular weight excluding hydrogens is 348 g/mol. The number of benzene rings is 1. The lowest BCUT2D eigenvalue weighted by Crippen LogP contribution is -2.60. The highest BCUT2D eigenvalue weighted by Crippen LogP contribution is 2.23. The monoisotopic (exact) mass is 368 g/mol. The van der Waals surface area contributed by atoms with Crippen molar-refractivity contribution in [3.05, 3.63) is 35.9 Å². The minimum Gasteiger partial charge on any atom is -0.368 e. The highest BCUT2D eigenvalue weighted by atomic mass is 32.2. The van der Waals surface area contributed by atoms with Gasteiger partial charge in [0.1, 0.15) is 12.1 Å². The maximum atomic E-state index is 12.5. The molecule has 1 aliphatic rings. The number of rotatable bonds is 6. The highest BCUT2D eigenvalue weighted by Gasteiger charge is 2.49. The van der Waals surface area contributed by atoms with Gasteiger partial charge in [-0.1, -0.05) is 30.3 Å². The number of hydrogen-bond acceptors (Lipinski definition) is 6. The van der Waals surface area contributed by atoms with Crippen LogP contribution in [0.2, 0.25) is 0 Å². The van der Waals surface area contributed by atoms with Crippen LogP contribution in [0.15, 0.2) is 30.3 Å². The fraction of sp³-hybridized carbons (Fsp3) is 0.438. The molecule has 9 heteroatoms. The lowest BCUT2D eigenvalue weighted by atomic mass is 9.93. The zero-order valence-electron chi connectivity index (χ0n) is 13.9. The number of Topliss-reactive ketones (excluding diaryl/α,β-unsaturated/α-hetero) is 1. The number of nitrogens with two attached hydrogens (primary N) is 1. The predicted molar refractivity (Wildman–Crippen MR) is 89.0 cm³/mol. The first-order chi connectivity index (χ1) is 11.6. The van der Waals surface area contributed by atoms with Crippen molar-refractivity contribution in [2.45, 2.75) is 36.5 Å². The zero-order valence-corrected chi connectivity index (χ0v) is 14.7. The molecule has 0 aromatic heterocycles. The van der Waals surface area contributed by atoms with Crippen LogP contribution in [-0.2, 0) is 34.7 Å². The Morgan fingerprint density at radius 1 is 1.36 bits per heavy atom. The Morgan fingerprint density at radius 3 is 2.44 bits per heavy atom. The zero-order chi connectivity index (χ0) is 18.8. The molecule has 3 N–H and O–H groups in total. The van der Waals surface area contributed by atoms with Gasteiger partial charge in [-0.15, -0.1) is 0 Å². The highest BCUT2D eigenvalue weighted by molar-refractivity contribution is 7.92. The number of sulfone groups is 1. The fourth-order valence-corrected chi connectivity index (χ4v) is 4.16. The van der Waals surface area contributed by atoms with E-state index in [9.17, 15) is 22.8 Å². The molecule has 0 radical (unpaired) electrons. The van der Waals surface area contributed by atoms with Gasteiger partial charge in [-0.3, -0.25) is 14.4 Å². The van der Waals surface area contributed by atoms with Gasteiger partial charge in [0.2, 0.25) is 17.1 Å². The van der Waals surface area contributed by atoms with Gasteiger partial charge in [-0.25, -0.2) is 8.42 Å². The molecule has 1 fully saturated rings. The summed E-state index contributed by atoms with van der Waals surface area (Å²) in [6.07, 6.45) is -0.658. The third-order valence-corrected chi connectivity index (χ3v) is 6.21. The molecule has 2 rings (SSSR count). The lowest BCUT2D eigenvalue weighted by molar-refractivity contribution is -0.132. The van der Waals surface area contributed by atoms with Crippen molar-refractivity contribution in [2.75, 3.05) is 6.61 Å². The van der Waals surface area contributed by atoms with Crippen molar-refractivity contribution in [1.82, 2.24) is 5.32 Å². The molecule has 3 unspecified atom stereocenters. The minimum absolute atomic E-state index is 0.198. The summed E-state index contributed by atoms with van der Waals surface area (Å²) in [5.41, 5.74) is 4.18. The quantitative estimate of drug-likeness (QED) is 0.639. The van der Waals surface area contributed by atoms with Crippen LogP contribution in [0.4, 0.5) is 0 Å². The van der Waals surface area contributed by atoms with Crippen molar-refractivity contribution >= 4 is 27.4 Å². The van der Waals surface area contributed by atoms with Crippen LogP contribution in [0, 0.1) is 0 Å². The maximum Gasteiger partial charge on any atom is 0.248 e. The number of nitrogens with one attached hydrogen (secondary N) is 1. The summed E-state index contributed by atoms with van der Waals surface area (Å²) in [5, 5.41) is 0.242. The van der Waals surface area contributed by atoms with Crippen molar-refractivity contribution in [2.24, 2.45) is 5.73 Å². The Morgan fingerprint density at radius 2 is 1.96 bits per heavy atom. The fourth-order valence-electron chi connectivity index (χ4n) is 2.60. The number of ether oxygens (including phenoxy) is 1. The second-order valence-corrected chi connectivity index (χ2v) is 8.23. The molecule has 1 aliphatic heterocycles. The summed E-state index contributed by atoms with van der Waals surface area (Å²) >= 11 is 0. The Balaban J connectivity index is 2.26. The van der Waals surface area contributed by atoms with E-state index in [1.54, 1.807) is 37.3 Å². The van der Waals surface area contributed by atoms with E-state index in [0.717, 1.165) is 0 Å². The third kappa shape index (κ3) is 3.88. The molecule has 136 valence electrons. The molecule has 0 spiro atoms. The number of ketones is 1. The largest absolute Gasteiger partial charge is 0.368 e. The first kappa shape index (κ1) is 19.1. The number of carbonyl (C=O) groups is 3. The average molecular weight is 368 g/mol. The van der Waals surface area contributed by atoms with E-state index >= 15 is 0 Å². The Hall–Kier alpha value is -2.26. The van der Waals surface area contributed by atoms with E-state index in [4.69, 9.17) is 10.5 Å². The molecule has 25 heavy (non-hydrogen) atoms. The molecular formula is C16H20N2O6S. The standard InChI is InChI=1S/C16H20N2O6S/c1-10-16(2,12(19)8-24-10)18-15(21)13(14(17)20)25(22,23)9-11-6-4-3-5-7-11/h3-7,10,13H,8-9H2,1-2H3,(H2,17,20)(H,18,21). The summed E-state index contributed by atoms with van der Waals surface area (Å²) in [6.45, 7) is 2.80. The summed E-state index contributed by atoms with van der Waals surface area (Å²) in [7, 11) is -4.22. The summed E-state index contributed by atoms with van der Waals surface area (Å²) in [6, 6.07) is 8.11. The third-order valence-electron chi connectivity index (χ3n) is 4.31. The van der Waals surface area contributed by atoms with Gasteiger partial charge >= 0.3 is 0 Å². The smallest absolute Gasteiger partial charge is 0.248 e. The van der Waals surface area contributed by atoms with Crippen LogP contribution in [0.1, 0.15) is 19.4 Å². The molecule has 3 atom stereocenters. The molecule has 2 amide bonds. The van der Waals surface area contributed by atoms with E-state index in [-0.39, 0.29) is 6.61 Å². The van der Waals surface area contributed by atoms with Crippen LogP contribution in [0.3, 0.4) is 0 Å². The second-order valence-electron chi connectivity index (χ2n) is 6.14. The number of amides is 2. The second kappa shape index (κ2) is 6.93.